The van der Waals surface area contributed by atoms with Crippen molar-refractivity contribution in [3.05, 3.63) is 52.5 Å². The van der Waals surface area contributed by atoms with E-state index in [1.54, 1.807) is 30.3 Å². The van der Waals surface area contributed by atoms with Gasteiger partial charge in [0.15, 0.2) is 0 Å². The van der Waals surface area contributed by atoms with E-state index >= 15 is 0 Å². The van der Waals surface area contributed by atoms with Gasteiger partial charge in [0.2, 0.25) is 0 Å². The van der Waals surface area contributed by atoms with Crippen molar-refractivity contribution in [3.63, 3.8) is 0 Å². The molecule has 0 bridgehead atoms. The first-order valence-electron chi connectivity index (χ1n) is 5.71. The number of rotatable bonds is 5. The Morgan fingerprint density at radius 3 is 2.05 bits per heavy atom. The molecule has 0 fully saturated rings. The fraction of sp³-hybridized carbons (Fsp3) is 0.143. The summed E-state index contributed by atoms with van der Waals surface area (Å²) >= 11 is 11.6. The van der Waals surface area contributed by atoms with Crippen LogP contribution in [0, 0.1) is 0 Å². The van der Waals surface area contributed by atoms with Crippen LogP contribution < -0.4 is 15.2 Å². The van der Waals surface area contributed by atoms with Crippen LogP contribution in [-0.4, -0.2) is 13.2 Å². The highest BCUT2D eigenvalue weighted by Crippen LogP contribution is 2.23. The van der Waals surface area contributed by atoms with Crippen LogP contribution >= 0.6 is 23.2 Å². The summed E-state index contributed by atoms with van der Waals surface area (Å²) in [6.45, 7) is 0.855. The molecule has 2 N–H and O–H groups in total. The van der Waals surface area contributed by atoms with Gasteiger partial charge in [0.1, 0.15) is 24.7 Å². The van der Waals surface area contributed by atoms with Crippen LogP contribution in [0.2, 0.25) is 10.0 Å². The lowest BCUT2D eigenvalue weighted by Gasteiger charge is -2.09. The number of anilines is 1. The summed E-state index contributed by atoms with van der Waals surface area (Å²) < 4.78 is 11.0. The van der Waals surface area contributed by atoms with Gasteiger partial charge in [-0.3, -0.25) is 0 Å². The topological polar surface area (TPSA) is 44.5 Å². The monoisotopic (exact) mass is 297 g/mol. The first-order chi connectivity index (χ1) is 9.15. The molecule has 3 nitrogen and oxygen atoms in total. The molecule has 0 atom stereocenters. The Morgan fingerprint density at radius 2 is 1.42 bits per heavy atom. The summed E-state index contributed by atoms with van der Waals surface area (Å²) in [7, 11) is 0. The van der Waals surface area contributed by atoms with Gasteiger partial charge in [0.25, 0.3) is 0 Å². The van der Waals surface area contributed by atoms with E-state index in [4.69, 9.17) is 38.4 Å². The van der Waals surface area contributed by atoms with Gasteiger partial charge in [-0.25, -0.2) is 0 Å². The Labute approximate surface area is 121 Å². The lowest BCUT2D eigenvalue weighted by atomic mass is 10.3. The Bertz CT molecular complexity index is 544. The van der Waals surface area contributed by atoms with Gasteiger partial charge in [-0.15, -0.1) is 0 Å². The molecule has 2 rings (SSSR count). The quantitative estimate of drug-likeness (QED) is 0.669. The van der Waals surface area contributed by atoms with Crippen molar-refractivity contribution in [2.24, 2.45) is 0 Å². The highest BCUT2D eigenvalue weighted by atomic mass is 35.5. The van der Waals surface area contributed by atoms with Gasteiger partial charge in [-0.1, -0.05) is 23.2 Å². The summed E-state index contributed by atoms with van der Waals surface area (Å²) in [5.74, 6) is 1.42. The van der Waals surface area contributed by atoms with Crippen molar-refractivity contribution in [2.45, 2.75) is 0 Å². The molecule has 0 spiro atoms. The maximum absolute atomic E-state index is 5.82. The summed E-state index contributed by atoms with van der Waals surface area (Å²) in [6, 6.07) is 12.3. The molecule has 0 saturated heterocycles. The third kappa shape index (κ3) is 4.23. The Morgan fingerprint density at radius 1 is 0.842 bits per heavy atom. The fourth-order valence-electron chi connectivity index (χ4n) is 1.46. The van der Waals surface area contributed by atoms with Crippen LogP contribution in [0.15, 0.2) is 42.5 Å². The van der Waals surface area contributed by atoms with Crippen LogP contribution in [0.5, 0.6) is 11.5 Å². The van der Waals surface area contributed by atoms with E-state index in [-0.39, 0.29) is 0 Å². The average Bonchev–Trinajstić information content (AvgIpc) is 2.41. The molecule has 0 saturated carbocycles. The Hall–Kier alpha value is -1.58. The van der Waals surface area contributed by atoms with E-state index in [1.807, 2.05) is 12.1 Å². The van der Waals surface area contributed by atoms with Crippen LogP contribution in [0.25, 0.3) is 0 Å². The van der Waals surface area contributed by atoms with Crippen LogP contribution in [0.3, 0.4) is 0 Å². The molecule has 100 valence electrons. The highest BCUT2D eigenvalue weighted by molar-refractivity contribution is 6.33. The third-order valence-electron chi connectivity index (χ3n) is 2.40. The van der Waals surface area contributed by atoms with E-state index in [2.05, 4.69) is 0 Å². The van der Waals surface area contributed by atoms with E-state index in [0.717, 1.165) is 5.75 Å². The van der Waals surface area contributed by atoms with E-state index < -0.39 is 0 Å². The molecular weight excluding hydrogens is 285 g/mol. The standard InChI is InChI=1S/C14H13Cl2NO2/c15-10-1-3-11(4-2-10)18-7-8-19-12-5-6-13(16)14(17)9-12/h1-6,9H,7-8,17H2. The highest BCUT2D eigenvalue weighted by Gasteiger charge is 1.99. The summed E-state index contributed by atoms with van der Waals surface area (Å²) in [5, 5.41) is 1.20. The largest absolute Gasteiger partial charge is 0.490 e. The minimum Gasteiger partial charge on any atom is -0.490 e. The first-order valence-corrected chi connectivity index (χ1v) is 6.47. The van der Waals surface area contributed by atoms with Crippen molar-refractivity contribution in [1.82, 2.24) is 0 Å². The molecular formula is C14H13Cl2NO2. The smallest absolute Gasteiger partial charge is 0.122 e. The Balaban J connectivity index is 1.77. The molecule has 5 heteroatoms. The van der Waals surface area contributed by atoms with Gasteiger partial charge >= 0.3 is 0 Å². The van der Waals surface area contributed by atoms with Gasteiger partial charge in [0.05, 0.1) is 10.7 Å². The maximum Gasteiger partial charge on any atom is 0.122 e. The maximum atomic E-state index is 5.82. The normalized spacial score (nSPS) is 10.2. The molecule has 0 aliphatic rings. The lowest BCUT2D eigenvalue weighted by molar-refractivity contribution is 0.217. The third-order valence-corrected chi connectivity index (χ3v) is 3.00. The second-order valence-corrected chi connectivity index (χ2v) is 4.68. The van der Waals surface area contributed by atoms with Crippen LogP contribution in [0.1, 0.15) is 0 Å². The predicted octanol–water partition coefficient (Wildman–Crippen LogP) is 4.03. The number of ether oxygens (including phenoxy) is 2. The zero-order valence-corrected chi connectivity index (χ0v) is 11.6. The second kappa shape index (κ2) is 6.55. The number of hydrogen-bond donors (Lipinski definition) is 1. The molecule has 2 aromatic rings. The molecule has 0 heterocycles. The zero-order valence-electron chi connectivity index (χ0n) is 10.1. The van der Waals surface area contributed by atoms with Crippen molar-refractivity contribution in [3.8, 4) is 11.5 Å². The molecule has 2 aromatic carbocycles. The molecule has 0 aromatic heterocycles. The molecule has 0 aliphatic carbocycles. The zero-order chi connectivity index (χ0) is 13.7. The fourth-order valence-corrected chi connectivity index (χ4v) is 1.71. The molecule has 0 radical (unpaired) electrons. The minimum atomic E-state index is 0.420. The number of benzene rings is 2. The number of nitrogens with two attached hydrogens (primary N) is 1. The predicted molar refractivity (Wildman–Crippen MR) is 78.3 cm³/mol. The van der Waals surface area contributed by atoms with E-state index in [1.165, 1.54) is 0 Å². The van der Waals surface area contributed by atoms with Crippen molar-refractivity contribution in [2.75, 3.05) is 18.9 Å². The van der Waals surface area contributed by atoms with Crippen LogP contribution in [-0.2, 0) is 0 Å². The first kappa shape index (κ1) is 13.8. The number of nitrogen functional groups attached to an aromatic ring is 1. The molecule has 19 heavy (non-hydrogen) atoms. The van der Waals surface area contributed by atoms with Crippen molar-refractivity contribution >= 4 is 28.9 Å². The summed E-state index contributed by atoms with van der Waals surface area (Å²) in [5.41, 5.74) is 6.17. The van der Waals surface area contributed by atoms with Gasteiger partial charge in [-0.05, 0) is 36.4 Å². The second-order valence-electron chi connectivity index (χ2n) is 3.83. The van der Waals surface area contributed by atoms with Crippen LogP contribution in [0.4, 0.5) is 5.69 Å². The number of halogens is 2. The van der Waals surface area contributed by atoms with Crippen molar-refractivity contribution in [1.29, 1.82) is 0 Å². The molecule has 0 unspecified atom stereocenters. The van der Waals surface area contributed by atoms with Gasteiger partial charge in [-0.2, -0.15) is 0 Å². The van der Waals surface area contributed by atoms with Gasteiger partial charge < -0.3 is 15.2 Å². The number of hydrogen-bond acceptors (Lipinski definition) is 3. The minimum absolute atomic E-state index is 0.420. The summed E-state index contributed by atoms with van der Waals surface area (Å²) in [4.78, 5) is 0. The van der Waals surface area contributed by atoms with Gasteiger partial charge in [0, 0.05) is 11.1 Å². The van der Waals surface area contributed by atoms with E-state index in [0.29, 0.717) is 34.7 Å². The molecule has 0 amide bonds. The van der Waals surface area contributed by atoms with E-state index in [9.17, 15) is 0 Å². The average molecular weight is 298 g/mol. The lowest BCUT2D eigenvalue weighted by Crippen LogP contribution is -2.09. The van der Waals surface area contributed by atoms with Crippen molar-refractivity contribution < 1.29 is 9.47 Å². The summed E-state index contributed by atoms with van der Waals surface area (Å²) in [6.07, 6.45) is 0. The SMILES string of the molecule is Nc1cc(OCCOc2ccc(Cl)cc2)ccc1Cl. The molecule has 0 aliphatic heterocycles. The Kier molecular flexibility index (Phi) is 4.77.